The highest BCUT2D eigenvalue weighted by atomic mass is 16.5. The Morgan fingerprint density at radius 3 is 2.88 bits per heavy atom. The molecule has 1 aromatic rings. The Morgan fingerprint density at radius 2 is 2.38 bits per heavy atom. The predicted octanol–water partition coefficient (Wildman–Crippen LogP) is 1.64. The average Bonchev–Trinajstić information content (AvgIpc) is 2.28. The minimum atomic E-state index is -0.746. The summed E-state index contributed by atoms with van der Waals surface area (Å²) in [6, 6.07) is 5.67. The van der Waals surface area contributed by atoms with Gasteiger partial charge in [0.1, 0.15) is 5.92 Å². The first kappa shape index (κ1) is 12.2. The van der Waals surface area contributed by atoms with E-state index in [2.05, 4.69) is 4.98 Å². The third kappa shape index (κ3) is 3.35. The molecule has 4 heteroatoms. The van der Waals surface area contributed by atoms with E-state index in [0.717, 1.165) is 11.3 Å². The number of pyridine rings is 1. The van der Waals surface area contributed by atoms with Gasteiger partial charge in [0.05, 0.1) is 12.7 Å². The van der Waals surface area contributed by atoms with Crippen molar-refractivity contribution in [2.75, 3.05) is 6.61 Å². The first-order valence-electron chi connectivity index (χ1n) is 5.15. The summed E-state index contributed by atoms with van der Waals surface area (Å²) in [6.45, 7) is 3.90. The number of carbonyl (C=O) groups is 1. The molecule has 84 valence electrons. The van der Waals surface area contributed by atoms with Crippen molar-refractivity contribution >= 4 is 5.97 Å². The Labute approximate surface area is 94.9 Å². The van der Waals surface area contributed by atoms with Crippen molar-refractivity contribution in [2.45, 2.75) is 20.3 Å². The lowest BCUT2D eigenvalue weighted by atomic mass is 10.0. The second kappa shape index (κ2) is 5.86. The van der Waals surface area contributed by atoms with E-state index in [0.29, 0.717) is 13.0 Å². The number of rotatable bonds is 4. The van der Waals surface area contributed by atoms with E-state index in [-0.39, 0.29) is 0 Å². The molecule has 0 amide bonds. The lowest BCUT2D eigenvalue weighted by molar-refractivity contribution is -0.145. The molecule has 0 spiro atoms. The lowest BCUT2D eigenvalue weighted by Gasteiger charge is -2.07. The zero-order chi connectivity index (χ0) is 12.0. The number of esters is 1. The Hall–Kier alpha value is -1.89. The van der Waals surface area contributed by atoms with Gasteiger partial charge >= 0.3 is 5.97 Å². The van der Waals surface area contributed by atoms with Crippen molar-refractivity contribution in [3.8, 4) is 6.07 Å². The average molecular weight is 218 g/mol. The number of aryl methyl sites for hydroxylation is 1. The van der Waals surface area contributed by atoms with E-state index >= 15 is 0 Å². The molecule has 1 aromatic heterocycles. The Kier molecular flexibility index (Phi) is 4.46. The molecule has 1 atom stereocenters. The number of carbonyl (C=O) groups excluding carboxylic acids is 1. The molecule has 0 radical (unpaired) electrons. The molecule has 1 heterocycles. The van der Waals surface area contributed by atoms with Gasteiger partial charge in [-0.05, 0) is 25.5 Å². The summed E-state index contributed by atoms with van der Waals surface area (Å²) in [5.41, 5.74) is 1.78. The van der Waals surface area contributed by atoms with Crippen LogP contribution in [0.15, 0.2) is 18.3 Å². The van der Waals surface area contributed by atoms with Gasteiger partial charge in [-0.2, -0.15) is 5.26 Å². The summed E-state index contributed by atoms with van der Waals surface area (Å²) in [5, 5.41) is 8.87. The Morgan fingerprint density at radius 1 is 1.62 bits per heavy atom. The van der Waals surface area contributed by atoms with Crippen LogP contribution in [0.1, 0.15) is 18.2 Å². The highest BCUT2D eigenvalue weighted by Gasteiger charge is 2.19. The van der Waals surface area contributed by atoms with Gasteiger partial charge < -0.3 is 4.74 Å². The summed E-state index contributed by atoms with van der Waals surface area (Å²) in [6.07, 6.45) is 2.03. The Balaban J connectivity index is 2.67. The molecular formula is C12H14N2O2. The van der Waals surface area contributed by atoms with Gasteiger partial charge in [-0.3, -0.25) is 9.78 Å². The van der Waals surface area contributed by atoms with E-state index in [1.54, 1.807) is 13.1 Å². The lowest BCUT2D eigenvalue weighted by Crippen LogP contribution is -2.18. The van der Waals surface area contributed by atoms with Gasteiger partial charge in [-0.25, -0.2) is 0 Å². The van der Waals surface area contributed by atoms with Crippen LogP contribution < -0.4 is 0 Å². The van der Waals surface area contributed by atoms with Crippen LogP contribution in [-0.4, -0.2) is 17.6 Å². The molecule has 0 fully saturated rings. The van der Waals surface area contributed by atoms with Crippen LogP contribution in [0.2, 0.25) is 0 Å². The molecule has 0 saturated carbocycles. The van der Waals surface area contributed by atoms with Crippen LogP contribution in [-0.2, 0) is 16.0 Å². The van der Waals surface area contributed by atoms with Gasteiger partial charge in [0, 0.05) is 18.3 Å². The largest absolute Gasteiger partial charge is 0.465 e. The molecule has 0 aromatic carbocycles. The molecule has 4 nitrogen and oxygen atoms in total. The fourth-order valence-corrected chi connectivity index (χ4v) is 1.28. The van der Waals surface area contributed by atoms with Gasteiger partial charge in [0.15, 0.2) is 0 Å². The number of aromatic nitrogens is 1. The van der Waals surface area contributed by atoms with Gasteiger partial charge in [0.2, 0.25) is 0 Å². The molecule has 0 N–H and O–H groups in total. The van der Waals surface area contributed by atoms with Crippen LogP contribution >= 0.6 is 0 Å². The van der Waals surface area contributed by atoms with Crippen LogP contribution in [0.25, 0.3) is 0 Å². The standard InChI is InChI=1S/C12H14N2O2/c1-3-16-12(15)11(7-13)6-10-5-4-9(2)14-8-10/h4-5,8,11H,3,6H2,1-2H3. The summed E-state index contributed by atoms with van der Waals surface area (Å²) < 4.78 is 4.81. The molecule has 0 bridgehead atoms. The van der Waals surface area contributed by atoms with Crippen LogP contribution in [0, 0.1) is 24.2 Å². The molecular weight excluding hydrogens is 204 g/mol. The SMILES string of the molecule is CCOC(=O)C(C#N)Cc1ccc(C)nc1. The monoisotopic (exact) mass is 218 g/mol. The van der Waals surface area contributed by atoms with Crippen LogP contribution in [0.3, 0.4) is 0 Å². The third-order valence-corrected chi connectivity index (χ3v) is 2.14. The van der Waals surface area contributed by atoms with E-state index in [1.807, 2.05) is 25.1 Å². The van der Waals surface area contributed by atoms with Crippen LogP contribution in [0.4, 0.5) is 0 Å². The molecule has 16 heavy (non-hydrogen) atoms. The van der Waals surface area contributed by atoms with Crippen molar-refractivity contribution < 1.29 is 9.53 Å². The minimum Gasteiger partial charge on any atom is -0.465 e. The maximum absolute atomic E-state index is 11.4. The molecule has 0 aliphatic rings. The second-order valence-corrected chi connectivity index (χ2v) is 3.45. The Bertz CT molecular complexity index is 392. The fourth-order valence-electron chi connectivity index (χ4n) is 1.28. The quantitative estimate of drug-likeness (QED) is 0.720. The van der Waals surface area contributed by atoms with Crippen LogP contribution in [0.5, 0.6) is 0 Å². The number of ether oxygens (including phenoxy) is 1. The van der Waals surface area contributed by atoms with Crippen molar-refractivity contribution in [1.29, 1.82) is 5.26 Å². The molecule has 0 aliphatic heterocycles. The van der Waals surface area contributed by atoms with E-state index in [9.17, 15) is 4.79 Å². The number of hydrogen-bond donors (Lipinski definition) is 0. The second-order valence-electron chi connectivity index (χ2n) is 3.45. The first-order valence-corrected chi connectivity index (χ1v) is 5.15. The fraction of sp³-hybridized carbons (Fsp3) is 0.417. The van der Waals surface area contributed by atoms with E-state index in [4.69, 9.17) is 10.00 Å². The van der Waals surface area contributed by atoms with Crippen molar-refractivity contribution in [3.63, 3.8) is 0 Å². The number of hydrogen-bond acceptors (Lipinski definition) is 4. The maximum atomic E-state index is 11.4. The molecule has 0 aliphatic carbocycles. The summed E-state index contributed by atoms with van der Waals surface area (Å²) >= 11 is 0. The number of nitriles is 1. The first-order chi connectivity index (χ1) is 7.67. The van der Waals surface area contributed by atoms with E-state index < -0.39 is 11.9 Å². The third-order valence-electron chi connectivity index (χ3n) is 2.14. The van der Waals surface area contributed by atoms with Gasteiger partial charge in [0.25, 0.3) is 0 Å². The highest BCUT2D eigenvalue weighted by molar-refractivity contribution is 5.75. The molecule has 1 unspecified atom stereocenters. The predicted molar refractivity (Wildman–Crippen MR) is 58.4 cm³/mol. The molecule has 0 saturated heterocycles. The van der Waals surface area contributed by atoms with E-state index in [1.165, 1.54) is 0 Å². The van der Waals surface area contributed by atoms with Crippen molar-refractivity contribution in [1.82, 2.24) is 4.98 Å². The minimum absolute atomic E-state index is 0.295. The normalized spacial score (nSPS) is 11.6. The molecule has 1 rings (SSSR count). The van der Waals surface area contributed by atoms with Gasteiger partial charge in [-0.15, -0.1) is 0 Å². The van der Waals surface area contributed by atoms with Crippen molar-refractivity contribution in [2.24, 2.45) is 5.92 Å². The zero-order valence-electron chi connectivity index (χ0n) is 9.43. The summed E-state index contributed by atoms with van der Waals surface area (Å²) in [5.74, 6) is -1.21. The van der Waals surface area contributed by atoms with Crippen molar-refractivity contribution in [3.05, 3.63) is 29.6 Å². The zero-order valence-corrected chi connectivity index (χ0v) is 9.43. The topological polar surface area (TPSA) is 63.0 Å². The maximum Gasteiger partial charge on any atom is 0.323 e. The van der Waals surface area contributed by atoms with Gasteiger partial charge in [-0.1, -0.05) is 6.07 Å². The summed E-state index contributed by atoms with van der Waals surface area (Å²) in [4.78, 5) is 15.5. The number of nitrogens with zero attached hydrogens (tertiary/aromatic N) is 2. The highest BCUT2D eigenvalue weighted by Crippen LogP contribution is 2.09. The summed E-state index contributed by atoms with van der Waals surface area (Å²) in [7, 11) is 0. The smallest absolute Gasteiger partial charge is 0.323 e.